The third-order valence-electron chi connectivity index (χ3n) is 4.76. The fourth-order valence-corrected chi connectivity index (χ4v) is 3.89. The summed E-state index contributed by atoms with van der Waals surface area (Å²) in [6, 6.07) is 10.4. The molecule has 0 aromatic heterocycles. The number of sulfonamides is 1. The maximum Gasteiger partial charge on any atom is 0.235 e. The normalized spacial score (nSPS) is 24.9. The highest BCUT2D eigenvalue weighted by atomic mass is 32.2. The standard InChI is InChI=1S/C17H25N3O3S/c1-24(22,23)18-9-17(21)19-16-12-20(11-15(16)14-7-8-14)10-13-5-3-2-4-6-13/h2-6,14-16,18H,7-12H2,1H3,(H,19,21)/t15-,16+/m0/s1. The number of amides is 1. The maximum atomic E-state index is 12.0. The summed E-state index contributed by atoms with van der Waals surface area (Å²) in [7, 11) is -3.34. The number of benzene rings is 1. The Labute approximate surface area is 143 Å². The number of hydrogen-bond donors (Lipinski definition) is 2. The Morgan fingerprint density at radius 1 is 1.21 bits per heavy atom. The van der Waals surface area contributed by atoms with Crippen molar-refractivity contribution in [3.05, 3.63) is 35.9 Å². The Hall–Kier alpha value is -1.44. The summed E-state index contributed by atoms with van der Waals surface area (Å²) in [6.45, 7) is 2.51. The Bertz CT molecular complexity index is 674. The van der Waals surface area contributed by atoms with Crippen LogP contribution in [-0.4, -0.2) is 51.2 Å². The summed E-state index contributed by atoms with van der Waals surface area (Å²) < 4.78 is 24.5. The lowest BCUT2D eigenvalue weighted by Gasteiger charge is -2.19. The Balaban J connectivity index is 1.56. The SMILES string of the molecule is CS(=O)(=O)NCC(=O)N[C@@H]1CN(Cc2ccccc2)C[C@H]1C1CC1. The summed E-state index contributed by atoms with van der Waals surface area (Å²) in [6.07, 6.45) is 3.53. The fraction of sp³-hybridized carbons (Fsp3) is 0.588. The minimum atomic E-state index is -3.34. The van der Waals surface area contributed by atoms with Crippen LogP contribution in [0.25, 0.3) is 0 Å². The predicted octanol–water partition coefficient (Wildman–Crippen LogP) is 0.562. The molecule has 0 unspecified atom stereocenters. The molecule has 2 atom stereocenters. The van der Waals surface area contributed by atoms with Gasteiger partial charge >= 0.3 is 0 Å². The zero-order valence-electron chi connectivity index (χ0n) is 13.9. The second-order valence-corrected chi connectivity index (χ2v) is 8.78. The molecule has 1 amide bonds. The molecule has 6 nitrogen and oxygen atoms in total. The van der Waals surface area contributed by atoms with Gasteiger partial charge in [0.15, 0.2) is 0 Å². The van der Waals surface area contributed by atoms with Gasteiger partial charge in [-0.3, -0.25) is 9.69 Å². The van der Waals surface area contributed by atoms with Gasteiger partial charge in [0.25, 0.3) is 0 Å². The summed E-state index contributed by atoms with van der Waals surface area (Å²) in [4.78, 5) is 14.4. The molecule has 0 radical (unpaired) electrons. The van der Waals surface area contributed by atoms with Gasteiger partial charge in [0.05, 0.1) is 12.8 Å². The minimum Gasteiger partial charge on any atom is -0.351 e. The molecule has 1 saturated heterocycles. The molecular formula is C17H25N3O3S. The highest BCUT2D eigenvalue weighted by Crippen LogP contribution is 2.41. The molecule has 7 heteroatoms. The first-order chi connectivity index (χ1) is 11.4. The van der Waals surface area contributed by atoms with Crippen molar-refractivity contribution < 1.29 is 13.2 Å². The van der Waals surface area contributed by atoms with Crippen LogP contribution >= 0.6 is 0 Å². The van der Waals surface area contributed by atoms with Gasteiger partial charge in [0, 0.05) is 25.7 Å². The largest absolute Gasteiger partial charge is 0.351 e. The number of likely N-dealkylation sites (tertiary alicyclic amines) is 1. The summed E-state index contributed by atoms with van der Waals surface area (Å²) in [5.74, 6) is 0.910. The van der Waals surface area contributed by atoms with E-state index in [4.69, 9.17) is 0 Å². The molecule has 0 bridgehead atoms. The van der Waals surface area contributed by atoms with Gasteiger partial charge in [-0.1, -0.05) is 30.3 Å². The fourth-order valence-electron chi connectivity index (χ4n) is 3.49. The van der Waals surface area contributed by atoms with Crippen LogP contribution in [0.1, 0.15) is 18.4 Å². The van der Waals surface area contributed by atoms with Crippen molar-refractivity contribution in [2.24, 2.45) is 11.8 Å². The van der Waals surface area contributed by atoms with Gasteiger partial charge < -0.3 is 5.32 Å². The number of carbonyl (C=O) groups is 1. The molecule has 1 saturated carbocycles. The van der Waals surface area contributed by atoms with E-state index < -0.39 is 10.0 Å². The topological polar surface area (TPSA) is 78.5 Å². The van der Waals surface area contributed by atoms with E-state index in [0.717, 1.165) is 25.9 Å². The first kappa shape index (κ1) is 17.4. The molecule has 2 N–H and O–H groups in total. The van der Waals surface area contributed by atoms with Crippen LogP contribution in [0.4, 0.5) is 0 Å². The highest BCUT2D eigenvalue weighted by Gasteiger charge is 2.42. The average Bonchev–Trinajstić information content (AvgIpc) is 3.29. The molecule has 1 heterocycles. The molecule has 2 fully saturated rings. The Kier molecular flexibility index (Phi) is 5.22. The molecular weight excluding hydrogens is 326 g/mol. The molecule has 24 heavy (non-hydrogen) atoms. The van der Waals surface area contributed by atoms with E-state index in [9.17, 15) is 13.2 Å². The van der Waals surface area contributed by atoms with Gasteiger partial charge in [0.1, 0.15) is 0 Å². The van der Waals surface area contributed by atoms with Crippen molar-refractivity contribution in [3.8, 4) is 0 Å². The van der Waals surface area contributed by atoms with E-state index >= 15 is 0 Å². The summed E-state index contributed by atoms with van der Waals surface area (Å²) >= 11 is 0. The van der Waals surface area contributed by atoms with Crippen LogP contribution in [-0.2, 0) is 21.4 Å². The van der Waals surface area contributed by atoms with E-state index in [1.807, 2.05) is 18.2 Å². The van der Waals surface area contributed by atoms with Gasteiger partial charge in [-0.05, 0) is 30.2 Å². The number of nitrogens with one attached hydrogen (secondary N) is 2. The lowest BCUT2D eigenvalue weighted by atomic mass is 9.98. The number of carbonyl (C=O) groups excluding carboxylic acids is 1. The molecule has 0 spiro atoms. The first-order valence-electron chi connectivity index (χ1n) is 8.41. The third kappa shape index (κ3) is 5.03. The Morgan fingerprint density at radius 2 is 1.92 bits per heavy atom. The average molecular weight is 351 g/mol. The van der Waals surface area contributed by atoms with E-state index in [0.29, 0.717) is 11.8 Å². The molecule has 3 rings (SSSR count). The monoisotopic (exact) mass is 351 g/mol. The molecule has 1 aliphatic carbocycles. The maximum absolute atomic E-state index is 12.0. The summed E-state index contributed by atoms with van der Waals surface area (Å²) in [5.41, 5.74) is 1.28. The van der Waals surface area contributed by atoms with Crippen LogP contribution in [0.5, 0.6) is 0 Å². The molecule has 1 aromatic rings. The molecule has 1 aliphatic heterocycles. The second-order valence-electron chi connectivity index (χ2n) is 6.95. The third-order valence-corrected chi connectivity index (χ3v) is 5.43. The van der Waals surface area contributed by atoms with E-state index in [1.165, 1.54) is 18.4 Å². The Morgan fingerprint density at radius 3 is 2.54 bits per heavy atom. The highest BCUT2D eigenvalue weighted by molar-refractivity contribution is 7.88. The summed E-state index contributed by atoms with van der Waals surface area (Å²) in [5, 5.41) is 3.03. The quantitative estimate of drug-likeness (QED) is 0.753. The number of hydrogen-bond acceptors (Lipinski definition) is 4. The smallest absolute Gasteiger partial charge is 0.235 e. The lowest BCUT2D eigenvalue weighted by Crippen LogP contribution is -2.45. The van der Waals surface area contributed by atoms with Crippen LogP contribution in [0.2, 0.25) is 0 Å². The van der Waals surface area contributed by atoms with Crippen LogP contribution in [0.3, 0.4) is 0 Å². The van der Waals surface area contributed by atoms with Crippen molar-refractivity contribution in [2.75, 3.05) is 25.9 Å². The van der Waals surface area contributed by atoms with Crippen LogP contribution < -0.4 is 10.0 Å². The second kappa shape index (κ2) is 7.21. The first-order valence-corrected chi connectivity index (χ1v) is 10.3. The van der Waals surface area contributed by atoms with Crippen molar-refractivity contribution in [1.29, 1.82) is 0 Å². The zero-order valence-corrected chi connectivity index (χ0v) is 14.8. The van der Waals surface area contributed by atoms with Gasteiger partial charge in [-0.25, -0.2) is 13.1 Å². The molecule has 132 valence electrons. The van der Waals surface area contributed by atoms with Crippen LogP contribution in [0, 0.1) is 11.8 Å². The van der Waals surface area contributed by atoms with Crippen molar-refractivity contribution >= 4 is 15.9 Å². The zero-order chi connectivity index (χ0) is 17.2. The molecule has 1 aromatic carbocycles. The van der Waals surface area contributed by atoms with Crippen molar-refractivity contribution in [1.82, 2.24) is 14.9 Å². The minimum absolute atomic E-state index is 0.107. The van der Waals surface area contributed by atoms with Gasteiger partial charge in [-0.15, -0.1) is 0 Å². The van der Waals surface area contributed by atoms with Crippen molar-refractivity contribution in [2.45, 2.75) is 25.4 Å². The van der Waals surface area contributed by atoms with Crippen molar-refractivity contribution in [3.63, 3.8) is 0 Å². The lowest BCUT2D eigenvalue weighted by molar-refractivity contribution is -0.120. The number of rotatable bonds is 7. The van der Waals surface area contributed by atoms with Gasteiger partial charge in [0.2, 0.25) is 15.9 Å². The van der Waals surface area contributed by atoms with Crippen LogP contribution in [0.15, 0.2) is 30.3 Å². The van der Waals surface area contributed by atoms with E-state index in [-0.39, 0.29) is 18.5 Å². The number of nitrogens with zero attached hydrogens (tertiary/aromatic N) is 1. The van der Waals surface area contributed by atoms with Gasteiger partial charge in [-0.2, -0.15) is 0 Å². The molecule has 2 aliphatic rings. The predicted molar refractivity (Wildman–Crippen MR) is 92.7 cm³/mol. The van der Waals surface area contributed by atoms with E-state index in [1.54, 1.807) is 0 Å². The van der Waals surface area contributed by atoms with E-state index in [2.05, 4.69) is 27.1 Å².